The van der Waals surface area contributed by atoms with Crippen LogP contribution in [0.25, 0.3) is 0 Å². The van der Waals surface area contributed by atoms with Crippen molar-refractivity contribution in [2.45, 2.75) is 13.8 Å². The number of allylic oxidation sites excluding steroid dienone is 1. The fourth-order valence-electron chi connectivity index (χ4n) is 0.252. The van der Waals surface area contributed by atoms with Gasteiger partial charge in [0.25, 0.3) is 0 Å². The van der Waals surface area contributed by atoms with Crippen LogP contribution in [0.3, 0.4) is 0 Å². The Morgan fingerprint density at radius 1 is 1.56 bits per heavy atom. The standard InChI is InChI=1S/C6H9O3/c1-5(2)3-4-9-6(7)8/h3-5H,1-2H3. The van der Waals surface area contributed by atoms with Crippen LogP contribution in [0.1, 0.15) is 13.8 Å². The maximum absolute atomic E-state index is 9.60. The quantitative estimate of drug-likeness (QED) is 0.421. The molecule has 0 bridgehead atoms. The molecule has 0 unspecified atom stereocenters. The number of ether oxygens (including phenoxy) is 1. The summed E-state index contributed by atoms with van der Waals surface area (Å²) in [5, 5.41) is 9.60. The Morgan fingerprint density at radius 2 is 2.11 bits per heavy atom. The van der Waals surface area contributed by atoms with Crippen molar-refractivity contribution in [3.63, 3.8) is 0 Å². The van der Waals surface area contributed by atoms with E-state index in [0.29, 0.717) is 5.92 Å². The van der Waals surface area contributed by atoms with Gasteiger partial charge in [-0.1, -0.05) is 13.8 Å². The monoisotopic (exact) mass is 129 g/mol. The predicted molar refractivity (Wildman–Crippen MR) is 31.1 cm³/mol. The molecular formula is C6H9O3. The van der Waals surface area contributed by atoms with Gasteiger partial charge in [-0.3, -0.25) is 0 Å². The van der Waals surface area contributed by atoms with Gasteiger partial charge in [0.2, 0.25) is 0 Å². The Balaban J connectivity index is 3.36. The predicted octanol–water partition coefficient (Wildman–Crippen LogP) is 1.72. The van der Waals surface area contributed by atoms with Crippen LogP contribution in [0.15, 0.2) is 12.3 Å². The molecule has 0 aromatic carbocycles. The van der Waals surface area contributed by atoms with E-state index in [2.05, 4.69) is 4.74 Å². The lowest BCUT2D eigenvalue weighted by molar-refractivity contribution is 0.101. The van der Waals surface area contributed by atoms with Gasteiger partial charge in [-0.15, -0.1) is 0 Å². The van der Waals surface area contributed by atoms with Gasteiger partial charge in [-0.2, -0.15) is 9.90 Å². The van der Waals surface area contributed by atoms with Crippen molar-refractivity contribution < 1.29 is 14.6 Å². The molecule has 0 rings (SSSR count). The maximum Gasteiger partial charge on any atom is 0.555 e. The van der Waals surface area contributed by atoms with E-state index in [-0.39, 0.29) is 0 Å². The SMILES string of the molecule is CC(C)C=COC([O])=O. The lowest BCUT2D eigenvalue weighted by Gasteiger charge is -1.90. The molecule has 51 valence electrons. The van der Waals surface area contributed by atoms with Crippen molar-refractivity contribution in [2.24, 2.45) is 5.92 Å². The van der Waals surface area contributed by atoms with Crippen molar-refractivity contribution in [1.29, 1.82) is 0 Å². The molecule has 0 atom stereocenters. The van der Waals surface area contributed by atoms with Gasteiger partial charge in [0.05, 0.1) is 6.26 Å². The van der Waals surface area contributed by atoms with E-state index in [0.717, 1.165) is 6.26 Å². The summed E-state index contributed by atoms with van der Waals surface area (Å²) < 4.78 is 3.98. The van der Waals surface area contributed by atoms with Gasteiger partial charge in [0.15, 0.2) is 0 Å². The second kappa shape index (κ2) is 3.95. The van der Waals surface area contributed by atoms with E-state index in [1.807, 2.05) is 13.8 Å². The first-order valence-corrected chi connectivity index (χ1v) is 2.67. The first kappa shape index (κ1) is 8.01. The van der Waals surface area contributed by atoms with Crippen LogP contribution in [0.4, 0.5) is 4.79 Å². The maximum atomic E-state index is 9.60. The van der Waals surface area contributed by atoms with Crippen molar-refractivity contribution in [3.05, 3.63) is 12.3 Å². The van der Waals surface area contributed by atoms with Crippen LogP contribution in [-0.2, 0) is 9.84 Å². The van der Waals surface area contributed by atoms with Gasteiger partial charge >= 0.3 is 6.16 Å². The van der Waals surface area contributed by atoms with Gasteiger partial charge in [0, 0.05) is 0 Å². The summed E-state index contributed by atoms with van der Waals surface area (Å²) in [5.41, 5.74) is 0. The van der Waals surface area contributed by atoms with E-state index in [1.54, 1.807) is 6.08 Å². The first-order chi connectivity index (χ1) is 4.13. The zero-order valence-corrected chi connectivity index (χ0v) is 5.46. The Labute approximate surface area is 53.9 Å². The average Bonchev–Trinajstić information content (AvgIpc) is 1.63. The lowest BCUT2D eigenvalue weighted by Crippen LogP contribution is -1.90. The summed E-state index contributed by atoms with van der Waals surface area (Å²) in [6.07, 6.45) is 1.21. The topological polar surface area (TPSA) is 46.2 Å². The minimum absolute atomic E-state index is 0.296. The summed E-state index contributed by atoms with van der Waals surface area (Å²) in [6, 6.07) is 0. The van der Waals surface area contributed by atoms with Crippen molar-refractivity contribution in [1.82, 2.24) is 0 Å². The van der Waals surface area contributed by atoms with Crippen molar-refractivity contribution in [2.75, 3.05) is 0 Å². The molecule has 0 N–H and O–H groups in total. The third kappa shape index (κ3) is 7.01. The molecule has 0 spiro atoms. The number of hydrogen-bond acceptors (Lipinski definition) is 2. The molecule has 0 aliphatic carbocycles. The molecule has 0 saturated carbocycles. The van der Waals surface area contributed by atoms with Gasteiger partial charge < -0.3 is 4.74 Å². The largest absolute Gasteiger partial charge is 0.555 e. The molecule has 3 nitrogen and oxygen atoms in total. The molecule has 0 aliphatic heterocycles. The Hall–Kier alpha value is -0.990. The van der Waals surface area contributed by atoms with E-state index < -0.39 is 6.16 Å². The smallest absolute Gasteiger partial charge is 0.401 e. The molecule has 0 amide bonds. The summed E-state index contributed by atoms with van der Waals surface area (Å²) in [6.45, 7) is 3.82. The summed E-state index contributed by atoms with van der Waals surface area (Å²) in [7, 11) is 0. The van der Waals surface area contributed by atoms with E-state index >= 15 is 0 Å². The fraction of sp³-hybridized carbons (Fsp3) is 0.500. The van der Waals surface area contributed by atoms with Gasteiger partial charge in [0.1, 0.15) is 0 Å². The molecule has 0 aliphatic rings. The summed E-state index contributed by atoms with van der Waals surface area (Å²) in [5.74, 6) is 0.296. The van der Waals surface area contributed by atoms with Crippen LogP contribution in [0.2, 0.25) is 0 Å². The van der Waals surface area contributed by atoms with Gasteiger partial charge in [-0.25, -0.2) is 0 Å². The first-order valence-electron chi connectivity index (χ1n) is 2.67. The molecule has 3 heteroatoms. The molecule has 0 aromatic rings. The number of rotatable bonds is 2. The minimum atomic E-state index is -1.52. The van der Waals surface area contributed by atoms with Crippen LogP contribution >= 0.6 is 0 Å². The molecule has 0 saturated heterocycles. The van der Waals surface area contributed by atoms with Crippen LogP contribution in [0.5, 0.6) is 0 Å². The molecule has 0 heterocycles. The lowest BCUT2D eigenvalue weighted by atomic mass is 10.2. The Bertz CT molecular complexity index is 115. The third-order valence-electron chi connectivity index (χ3n) is 0.628. The normalized spacial score (nSPS) is 10.6. The summed E-state index contributed by atoms with van der Waals surface area (Å²) >= 11 is 0. The molecule has 0 aromatic heterocycles. The number of carbonyl (C=O) groups is 1. The Morgan fingerprint density at radius 3 is 2.44 bits per heavy atom. The minimum Gasteiger partial charge on any atom is -0.401 e. The zero-order chi connectivity index (χ0) is 7.28. The van der Waals surface area contributed by atoms with Gasteiger partial charge in [-0.05, 0) is 12.0 Å². The number of carbonyl (C=O) groups excluding carboxylic acids is 1. The Kier molecular flexibility index (Phi) is 3.51. The van der Waals surface area contributed by atoms with E-state index in [9.17, 15) is 9.90 Å². The van der Waals surface area contributed by atoms with E-state index in [4.69, 9.17) is 0 Å². The van der Waals surface area contributed by atoms with Crippen molar-refractivity contribution >= 4 is 6.16 Å². The highest BCUT2D eigenvalue weighted by atomic mass is 16.7. The molecule has 1 radical (unpaired) electrons. The second-order valence-corrected chi connectivity index (χ2v) is 1.94. The van der Waals surface area contributed by atoms with E-state index in [1.165, 1.54) is 0 Å². The van der Waals surface area contributed by atoms with Crippen LogP contribution in [0, 0.1) is 5.92 Å². The highest BCUT2D eigenvalue weighted by molar-refractivity contribution is 5.57. The summed E-state index contributed by atoms with van der Waals surface area (Å²) in [4.78, 5) is 9.60. The van der Waals surface area contributed by atoms with Crippen molar-refractivity contribution in [3.8, 4) is 0 Å². The highest BCUT2D eigenvalue weighted by Gasteiger charge is 1.92. The fourth-order valence-corrected chi connectivity index (χ4v) is 0.252. The third-order valence-corrected chi connectivity index (χ3v) is 0.628. The zero-order valence-electron chi connectivity index (χ0n) is 5.46. The molecule has 0 fully saturated rings. The van der Waals surface area contributed by atoms with Crippen LogP contribution in [-0.4, -0.2) is 6.16 Å². The van der Waals surface area contributed by atoms with Crippen LogP contribution < -0.4 is 0 Å². The highest BCUT2D eigenvalue weighted by Crippen LogP contribution is 1.93. The second-order valence-electron chi connectivity index (χ2n) is 1.94. The molecule has 9 heavy (non-hydrogen) atoms. The average molecular weight is 129 g/mol. The number of hydrogen-bond donors (Lipinski definition) is 0. The molecular weight excluding hydrogens is 120 g/mol.